The van der Waals surface area contributed by atoms with E-state index in [0.717, 1.165) is 46.3 Å². The fraction of sp³-hybridized carbons (Fsp3) is 0.500. The maximum Gasteiger partial charge on any atom is 0.416 e. The van der Waals surface area contributed by atoms with Crippen LogP contribution < -0.4 is 9.62 Å². The number of nitrogens with zero attached hydrogens (tertiary/aromatic N) is 2. The van der Waals surface area contributed by atoms with Gasteiger partial charge in [0, 0.05) is 25.6 Å². The molecule has 2 atom stereocenters. The third-order valence-corrected chi connectivity index (χ3v) is 7.67. The van der Waals surface area contributed by atoms with Crippen LogP contribution in [0.2, 0.25) is 0 Å². The van der Waals surface area contributed by atoms with Crippen molar-refractivity contribution in [2.24, 2.45) is 0 Å². The molecule has 0 heterocycles. The van der Waals surface area contributed by atoms with Crippen LogP contribution in [0.3, 0.4) is 0 Å². The lowest BCUT2D eigenvalue weighted by Crippen LogP contribution is -2.50. The van der Waals surface area contributed by atoms with Crippen molar-refractivity contribution in [2.75, 3.05) is 17.1 Å². The second-order valence-corrected chi connectivity index (χ2v) is 11.6. The van der Waals surface area contributed by atoms with E-state index in [2.05, 4.69) is 5.32 Å². The van der Waals surface area contributed by atoms with Gasteiger partial charge in [-0.25, -0.2) is 8.42 Å². The Morgan fingerprint density at radius 2 is 1.67 bits per heavy atom. The Labute approximate surface area is 229 Å². The number of hydrogen-bond acceptors (Lipinski definition) is 4. The molecule has 0 bridgehead atoms. The molecule has 2 rings (SSSR count). The molecule has 11 heteroatoms. The third kappa shape index (κ3) is 9.56. The van der Waals surface area contributed by atoms with E-state index >= 15 is 0 Å². The average molecular weight is 570 g/mol. The summed E-state index contributed by atoms with van der Waals surface area (Å²) < 4.78 is 65.4. The highest BCUT2D eigenvalue weighted by Gasteiger charge is 2.32. The molecule has 7 nitrogen and oxygen atoms in total. The van der Waals surface area contributed by atoms with E-state index in [1.54, 1.807) is 0 Å². The third-order valence-electron chi connectivity index (χ3n) is 6.47. The summed E-state index contributed by atoms with van der Waals surface area (Å²) in [4.78, 5) is 28.0. The van der Waals surface area contributed by atoms with Crippen LogP contribution in [0.4, 0.5) is 18.9 Å². The zero-order chi connectivity index (χ0) is 29.4. The first-order valence-corrected chi connectivity index (χ1v) is 14.8. The first-order chi connectivity index (χ1) is 18.2. The van der Waals surface area contributed by atoms with Crippen LogP contribution in [0.1, 0.15) is 63.1 Å². The van der Waals surface area contributed by atoms with Gasteiger partial charge >= 0.3 is 6.18 Å². The van der Waals surface area contributed by atoms with Crippen molar-refractivity contribution in [1.29, 1.82) is 0 Å². The van der Waals surface area contributed by atoms with Crippen LogP contribution in [-0.4, -0.2) is 50.0 Å². The maximum absolute atomic E-state index is 13.5. The molecule has 0 saturated carbocycles. The molecule has 39 heavy (non-hydrogen) atoms. The van der Waals surface area contributed by atoms with Gasteiger partial charge in [0.1, 0.15) is 6.04 Å². The van der Waals surface area contributed by atoms with Crippen molar-refractivity contribution in [3.63, 3.8) is 0 Å². The monoisotopic (exact) mass is 569 g/mol. The minimum atomic E-state index is -4.63. The number of carbonyl (C=O) groups is 2. The predicted molar refractivity (Wildman–Crippen MR) is 147 cm³/mol. The van der Waals surface area contributed by atoms with Crippen LogP contribution in [0.5, 0.6) is 0 Å². The van der Waals surface area contributed by atoms with Gasteiger partial charge in [-0.15, -0.1) is 0 Å². The van der Waals surface area contributed by atoms with Gasteiger partial charge in [0.05, 0.1) is 17.5 Å². The molecule has 0 aliphatic carbocycles. The molecule has 2 amide bonds. The SMILES string of the molecule is CC[C@H](C)NC(=O)[C@H](CC)N(Cc1ccc(C)cc1)C(=O)CCCN(c1cccc(C(F)(F)F)c1)S(C)(=O)=O. The lowest BCUT2D eigenvalue weighted by Gasteiger charge is -2.32. The second kappa shape index (κ2) is 13.8. The summed E-state index contributed by atoms with van der Waals surface area (Å²) in [5.41, 5.74) is 0.793. The highest BCUT2D eigenvalue weighted by atomic mass is 32.2. The Morgan fingerprint density at radius 1 is 1.03 bits per heavy atom. The van der Waals surface area contributed by atoms with Crippen LogP contribution >= 0.6 is 0 Å². The smallest absolute Gasteiger partial charge is 0.352 e. The van der Waals surface area contributed by atoms with Gasteiger partial charge < -0.3 is 10.2 Å². The number of alkyl halides is 3. The van der Waals surface area contributed by atoms with Crippen LogP contribution in [0, 0.1) is 6.92 Å². The number of sulfonamides is 1. The molecule has 0 aromatic heterocycles. The first kappa shape index (κ1) is 32.1. The maximum atomic E-state index is 13.5. The number of carbonyl (C=O) groups excluding carboxylic acids is 2. The zero-order valence-electron chi connectivity index (χ0n) is 23.1. The lowest BCUT2D eigenvalue weighted by molar-refractivity contribution is -0.141. The lowest BCUT2D eigenvalue weighted by atomic mass is 10.1. The molecule has 1 N–H and O–H groups in total. The normalized spacial score (nSPS) is 13.4. The number of aryl methyl sites for hydroxylation is 1. The Bertz CT molecular complexity index is 1220. The molecule has 0 unspecified atom stereocenters. The summed E-state index contributed by atoms with van der Waals surface area (Å²) in [6.45, 7) is 7.58. The van der Waals surface area contributed by atoms with Crippen molar-refractivity contribution < 1.29 is 31.2 Å². The summed E-state index contributed by atoms with van der Waals surface area (Å²) >= 11 is 0. The van der Waals surface area contributed by atoms with E-state index in [1.807, 2.05) is 52.0 Å². The zero-order valence-corrected chi connectivity index (χ0v) is 23.9. The average Bonchev–Trinajstić information content (AvgIpc) is 2.86. The summed E-state index contributed by atoms with van der Waals surface area (Å²) in [5, 5.41) is 2.93. The Balaban J connectivity index is 2.26. The van der Waals surface area contributed by atoms with Crippen LogP contribution in [0.15, 0.2) is 48.5 Å². The molecular weight excluding hydrogens is 531 g/mol. The number of amides is 2. The quantitative estimate of drug-likeness (QED) is 0.356. The van der Waals surface area contributed by atoms with Gasteiger partial charge in [0.25, 0.3) is 0 Å². The van der Waals surface area contributed by atoms with Gasteiger partial charge in [-0.2, -0.15) is 13.2 Å². The van der Waals surface area contributed by atoms with Gasteiger partial charge in [-0.3, -0.25) is 13.9 Å². The number of anilines is 1. The molecule has 0 radical (unpaired) electrons. The molecular formula is C28H38F3N3O4S. The first-order valence-electron chi connectivity index (χ1n) is 13.0. The van der Waals surface area contributed by atoms with Crippen molar-refractivity contribution in [3.05, 3.63) is 65.2 Å². The number of halogens is 3. The number of rotatable bonds is 13. The molecule has 0 fully saturated rings. The Hall–Kier alpha value is -3.08. The van der Waals surface area contributed by atoms with E-state index in [-0.39, 0.29) is 49.5 Å². The highest BCUT2D eigenvalue weighted by Crippen LogP contribution is 2.32. The minimum absolute atomic E-state index is 0.0516. The van der Waals surface area contributed by atoms with E-state index in [4.69, 9.17) is 0 Å². The van der Waals surface area contributed by atoms with E-state index in [0.29, 0.717) is 6.42 Å². The summed E-state index contributed by atoms with van der Waals surface area (Å²) in [6, 6.07) is 10.9. The van der Waals surface area contributed by atoms with Crippen LogP contribution in [-0.2, 0) is 32.3 Å². The molecule has 0 aliphatic heterocycles. The minimum Gasteiger partial charge on any atom is -0.352 e. The van der Waals surface area contributed by atoms with Gasteiger partial charge in [-0.05, 0) is 56.9 Å². The summed E-state index contributed by atoms with van der Waals surface area (Å²) in [7, 11) is -3.92. The van der Waals surface area contributed by atoms with E-state index in [9.17, 15) is 31.2 Å². The predicted octanol–water partition coefficient (Wildman–Crippen LogP) is 5.28. The second-order valence-electron chi connectivity index (χ2n) is 9.74. The molecule has 0 saturated heterocycles. The van der Waals surface area contributed by atoms with Gasteiger partial charge in [0.2, 0.25) is 21.8 Å². The fourth-order valence-corrected chi connectivity index (χ4v) is 5.05. The van der Waals surface area contributed by atoms with Crippen LogP contribution in [0.25, 0.3) is 0 Å². The molecule has 0 aliphatic rings. The Morgan fingerprint density at radius 3 is 2.21 bits per heavy atom. The van der Waals surface area contributed by atoms with Crippen molar-refractivity contribution in [2.45, 2.75) is 78.2 Å². The topological polar surface area (TPSA) is 86.8 Å². The van der Waals surface area contributed by atoms with Crippen molar-refractivity contribution in [3.8, 4) is 0 Å². The largest absolute Gasteiger partial charge is 0.416 e. The number of nitrogens with one attached hydrogen (secondary N) is 1. The van der Waals surface area contributed by atoms with E-state index in [1.165, 1.54) is 11.0 Å². The van der Waals surface area contributed by atoms with E-state index < -0.39 is 27.8 Å². The Kier molecular flexibility index (Phi) is 11.4. The fourth-order valence-electron chi connectivity index (χ4n) is 4.09. The number of hydrogen-bond donors (Lipinski definition) is 1. The molecule has 2 aromatic rings. The van der Waals surface area contributed by atoms with Gasteiger partial charge in [0.15, 0.2) is 0 Å². The van der Waals surface area contributed by atoms with Crippen molar-refractivity contribution >= 4 is 27.5 Å². The van der Waals surface area contributed by atoms with Crippen molar-refractivity contribution in [1.82, 2.24) is 10.2 Å². The molecule has 216 valence electrons. The number of benzene rings is 2. The summed E-state index contributed by atoms with van der Waals surface area (Å²) in [6.07, 6.45) is -2.66. The standard InChI is InChI=1S/C28H38F3N3O4S/c1-6-21(4)32-27(36)25(7-2)33(19-22-15-13-20(3)14-16-22)26(35)12-9-17-34(39(5,37)38)24-11-8-10-23(18-24)28(29,30)31/h8,10-11,13-16,18,21,25H,6-7,9,12,17,19H2,1-5H3,(H,32,36)/t21-,25-/m0/s1. The van der Waals surface area contributed by atoms with Gasteiger partial charge in [-0.1, -0.05) is 49.7 Å². The molecule has 2 aromatic carbocycles. The molecule has 0 spiro atoms. The summed E-state index contributed by atoms with van der Waals surface area (Å²) in [5.74, 6) is -0.617. The highest BCUT2D eigenvalue weighted by molar-refractivity contribution is 7.92.